The number of hydrogen-bond acceptors (Lipinski definition) is 5. The van der Waals surface area contributed by atoms with E-state index in [0.29, 0.717) is 10.5 Å². The van der Waals surface area contributed by atoms with Gasteiger partial charge < -0.3 is 10.0 Å². The number of sulfone groups is 1. The summed E-state index contributed by atoms with van der Waals surface area (Å²) in [5.74, 6) is 0.221. The highest BCUT2D eigenvalue weighted by Gasteiger charge is 2.34. The van der Waals surface area contributed by atoms with Gasteiger partial charge in [-0.15, -0.1) is 0 Å². The number of nitrogens with zero attached hydrogens (tertiary/aromatic N) is 2. The topological polar surface area (TPSA) is 70.0 Å². The lowest BCUT2D eigenvalue weighted by atomic mass is 9.81. The second-order valence-corrected chi connectivity index (χ2v) is 9.84. The van der Waals surface area contributed by atoms with Gasteiger partial charge >= 0.3 is 0 Å². The van der Waals surface area contributed by atoms with Crippen molar-refractivity contribution < 1.29 is 13.5 Å². The zero-order valence-corrected chi connectivity index (χ0v) is 18.4. The first-order valence-electron chi connectivity index (χ1n) is 9.77. The van der Waals surface area contributed by atoms with Crippen LogP contribution in [0.2, 0.25) is 0 Å². The number of aromatic hydroxyl groups is 1. The maximum absolute atomic E-state index is 11.9. The van der Waals surface area contributed by atoms with Crippen LogP contribution in [0.15, 0.2) is 52.4 Å². The Hall–Kier alpha value is -2.60. The molecule has 3 rings (SSSR count). The van der Waals surface area contributed by atoms with Gasteiger partial charge in [0.15, 0.2) is 9.84 Å². The highest BCUT2D eigenvalue weighted by Crippen LogP contribution is 2.41. The number of fused-ring (bicyclic) bond motifs is 1. The predicted molar refractivity (Wildman–Crippen MR) is 120 cm³/mol. The summed E-state index contributed by atoms with van der Waals surface area (Å²) in [4.78, 5) is 7.16. The fraction of sp³-hybridized carbons (Fsp3) is 0.348. The van der Waals surface area contributed by atoms with Crippen LogP contribution in [0.5, 0.6) is 5.75 Å². The minimum Gasteiger partial charge on any atom is -0.507 e. The second-order valence-electron chi connectivity index (χ2n) is 7.82. The molecule has 0 aliphatic carbocycles. The van der Waals surface area contributed by atoms with Gasteiger partial charge in [-0.25, -0.2) is 8.42 Å². The molecule has 0 aromatic heterocycles. The molecule has 154 valence electrons. The number of phenolic OH excluding ortho intramolecular Hbond substituents is 1. The molecule has 0 spiro atoms. The quantitative estimate of drug-likeness (QED) is 0.745. The Morgan fingerprint density at radius 2 is 1.76 bits per heavy atom. The Labute approximate surface area is 173 Å². The third kappa shape index (κ3) is 4.08. The molecule has 2 aromatic carbocycles. The van der Waals surface area contributed by atoms with Crippen LogP contribution in [0.3, 0.4) is 0 Å². The van der Waals surface area contributed by atoms with Crippen molar-refractivity contribution in [1.29, 1.82) is 0 Å². The largest absolute Gasteiger partial charge is 0.507 e. The Kier molecular flexibility index (Phi) is 5.59. The summed E-state index contributed by atoms with van der Waals surface area (Å²) >= 11 is 0. The van der Waals surface area contributed by atoms with Crippen LogP contribution in [0.1, 0.15) is 38.8 Å². The van der Waals surface area contributed by atoms with Crippen molar-refractivity contribution in [2.45, 2.75) is 38.0 Å². The van der Waals surface area contributed by atoms with E-state index in [-0.39, 0.29) is 5.75 Å². The molecular weight excluding hydrogens is 384 g/mol. The van der Waals surface area contributed by atoms with Gasteiger partial charge in [-0.2, -0.15) is 0 Å². The summed E-state index contributed by atoms with van der Waals surface area (Å²) < 4.78 is 23.8. The van der Waals surface area contributed by atoms with Gasteiger partial charge in [0.1, 0.15) is 5.75 Å². The summed E-state index contributed by atoms with van der Waals surface area (Å²) in [5.41, 5.74) is 3.77. The molecule has 1 heterocycles. The normalized spacial score (nSPS) is 15.4. The molecule has 0 saturated carbocycles. The highest BCUT2D eigenvalue weighted by molar-refractivity contribution is 7.90. The number of phenols is 1. The fourth-order valence-corrected chi connectivity index (χ4v) is 4.27. The van der Waals surface area contributed by atoms with E-state index in [1.165, 1.54) is 6.26 Å². The smallest absolute Gasteiger partial charge is 0.175 e. The maximum Gasteiger partial charge on any atom is 0.175 e. The summed E-state index contributed by atoms with van der Waals surface area (Å²) in [5, 5.41) is 10.5. The molecule has 1 aliphatic rings. The van der Waals surface area contributed by atoms with Gasteiger partial charge in [-0.3, -0.25) is 4.99 Å². The Morgan fingerprint density at radius 3 is 2.34 bits per heavy atom. The summed E-state index contributed by atoms with van der Waals surface area (Å²) in [7, 11) is -3.27. The lowest BCUT2D eigenvalue weighted by Gasteiger charge is -2.22. The molecule has 0 radical (unpaired) electrons. The van der Waals surface area contributed by atoms with Crippen molar-refractivity contribution >= 4 is 33.0 Å². The summed E-state index contributed by atoms with van der Waals surface area (Å²) in [6.07, 6.45) is 4.96. The average Bonchev–Trinajstić information content (AvgIpc) is 2.91. The van der Waals surface area contributed by atoms with Crippen LogP contribution in [-0.2, 0) is 15.3 Å². The molecule has 1 N–H and O–H groups in total. The molecule has 29 heavy (non-hydrogen) atoms. The van der Waals surface area contributed by atoms with Crippen molar-refractivity contribution in [3.63, 3.8) is 0 Å². The van der Waals surface area contributed by atoms with Crippen molar-refractivity contribution in [3.8, 4) is 5.75 Å². The molecular formula is C23H28N2O3S. The van der Waals surface area contributed by atoms with Gasteiger partial charge in [0.05, 0.1) is 16.3 Å². The summed E-state index contributed by atoms with van der Waals surface area (Å²) in [6, 6.07) is 10.7. The first-order chi connectivity index (χ1) is 13.6. The van der Waals surface area contributed by atoms with Crippen molar-refractivity contribution in [2.75, 3.05) is 24.2 Å². The molecule has 0 atom stereocenters. The minimum atomic E-state index is -3.27. The van der Waals surface area contributed by atoms with E-state index in [9.17, 15) is 13.5 Å². The van der Waals surface area contributed by atoms with Crippen LogP contribution in [0.25, 0.3) is 6.08 Å². The molecule has 0 bridgehead atoms. The van der Waals surface area contributed by atoms with Crippen LogP contribution < -0.4 is 4.90 Å². The van der Waals surface area contributed by atoms with E-state index in [0.717, 1.165) is 35.7 Å². The molecule has 2 aromatic rings. The summed E-state index contributed by atoms with van der Waals surface area (Å²) in [6.45, 7) is 9.98. The standard InChI is InChI=1S/C23H28N2O3S/c1-6-25(7-2)17-10-8-16(21(26)14-17)9-13-22-23(3,4)19-15-18(29(5,27)28)11-12-20(19)24-22/h8-15,26H,6-7H2,1-5H3/b13-9+. The molecule has 5 nitrogen and oxygen atoms in total. The lowest BCUT2D eigenvalue weighted by Crippen LogP contribution is -2.24. The van der Waals surface area contributed by atoms with Crippen LogP contribution >= 0.6 is 0 Å². The van der Waals surface area contributed by atoms with Gasteiger partial charge in [0.25, 0.3) is 0 Å². The van der Waals surface area contributed by atoms with E-state index < -0.39 is 15.3 Å². The van der Waals surface area contributed by atoms with Crippen LogP contribution in [0, 0.1) is 0 Å². The number of rotatable bonds is 6. The van der Waals surface area contributed by atoms with E-state index in [1.807, 2.05) is 38.1 Å². The van der Waals surface area contributed by atoms with Crippen molar-refractivity contribution in [3.05, 3.63) is 53.6 Å². The monoisotopic (exact) mass is 412 g/mol. The zero-order valence-electron chi connectivity index (χ0n) is 17.6. The van der Waals surface area contributed by atoms with Crippen LogP contribution in [-0.4, -0.2) is 38.6 Å². The van der Waals surface area contributed by atoms with E-state index in [1.54, 1.807) is 24.3 Å². The van der Waals surface area contributed by atoms with Gasteiger partial charge in [-0.05, 0) is 61.9 Å². The van der Waals surface area contributed by atoms with Crippen LogP contribution in [0.4, 0.5) is 11.4 Å². The third-order valence-corrected chi connectivity index (χ3v) is 6.62. The number of benzene rings is 2. The molecule has 0 unspecified atom stereocenters. The molecule has 0 amide bonds. The molecule has 0 saturated heterocycles. The van der Waals surface area contributed by atoms with Crippen molar-refractivity contribution in [2.24, 2.45) is 4.99 Å². The van der Waals surface area contributed by atoms with Gasteiger partial charge in [0, 0.05) is 42.1 Å². The second kappa shape index (κ2) is 7.67. The first kappa shape index (κ1) is 21.1. The van der Waals surface area contributed by atoms with Gasteiger partial charge in [-0.1, -0.05) is 13.8 Å². The Morgan fingerprint density at radius 1 is 1.07 bits per heavy atom. The molecule has 6 heteroatoms. The van der Waals surface area contributed by atoms with Gasteiger partial charge in [0.2, 0.25) is 0 Å². The zero-order chi connectivity index (χ0) is 21.4. The SMILES string of the molecule is CCN(CC)c1ccc(/C=C/C2=Nc3ccc(S(C)(=O)=O)cc3C2(C)C)c(O)c1. The molecule has 1 aliphatic heterocycles. The highest BCUT2D eigenvalue weighted by atomic mass is 32.2. The van der Waals surface area contributed by atoms with Crippen molar-refractivity contribution in [1.82, 2.24) is 0 Å². The molecule has 0 fully saturated rings. The van der Waals surface area contributed by atoms with E-state index in [2.05, 4.69) is 23.7 Å². The number of aliphatic imine (C=N–C) groups is 1. The van der Waals surface area contributed by atoms with E-state index >= 15 is 0 Å². The fourth-order valence-electron chi connectivity index (χ4n) is 3.62. The Balaban J connectivity index is 1.90. The number of hydrogen-bond donors (Lipinski definition) is 1. The number of anilines is 1. The third-order valence-electron chi connectivity index (χ3n) is 5.51. The average molecular weight is 413 g/mol. The maximum atomic E-state index is 11.9. The lowest BCUT2D eigenvalue weighted by molar-refractivity contribution is 0.474. The minimum absolute atomic E-state index is 0.221. The van der Waals surface area contributed by atoms with E-state index in [4.69, 9.17) is 0 Å². The number of allylic oxidation sites excluding steroid dienone is 1. The first-order valence-corrected chi connectivity index (χ1v) is 11.7. The predicted octanol–water partition coefficient (Wildman–Crippen LogP) is 4.72. The Bertz CT molecular complexity index is 1100.